The molecule has 0 atom stereocenters. The topological polar surface area (TPSA) is 98.0 Å². The third-order valence-electron chi connectivity index (χ3n) is 0.365. The minimum atomic E-state index is -1.83. The predicted molar refractivity (Wildman–Crippen MR) is 29.2 cm³/mol. The first kappa shape index (κ1) is 11.0. The van der Waals surface area contributed by atoms with E-state index in [9.17, 15) is 0 Å². The lowest BCUT2D eigenvalue weighted by molar-refractivity contribution is -0.0413. The standard InChI is InChI=1S/C3H8O2.CH2O3/c1-2-3(4)5;2-1(3)4/h3-5H,2H2,1H3;(H2,2,3,4). The number of aliphatic hydroxyl groups excluding tert-OH is 1. The molecule has 0 aromatic rings. The molecule has 56 valence electrons. The maximum absolute atomic E-state index is 8.56. The third kappa shape index (κ3) is 137. The van der Waals surface area contributed by atoms with Crippen molar-refractivity contribution in [3.8, 4) is 0 Å². The van der Waals surface area contributed by atoms with Crippen LogP contribution in [0.5, 0.6) is 0 Å². The summed E-state index contributed by atoms with van der Waals surface area (Å²) in [6.07, 6.45) is -2.53. The van der Waals surface area contributed by atoms with Crippen LogP contribution in [0.25, 0.3) is 0 Å². The van der Waals surface area contributed by atoms with Crippen LogP contribution in [0.4, 0.5) is 4.79 Å². The van der Waals surface area contributed by atoms with E-state index in [-0.39, 0.29) is 0 Å². The van der Waals surface area contributed by atoms with Gasteiger partial charge in [0, 0.05) is 0 Å². The first-order chi connectivity index (χ1) is 4.00. The molecule has 0 aliphatic heterocycles. The van der Waals surface area contributed by atoms with Crippen molar-refractivity contribution in [2.45, 2.75) is 19.6 Å². The van der Waals surface area contributed by atoms with Crippen LogP contribution in [0.2, 0.25) is 0 Å². The van der Waals surface area contributed by atoms with Crippen LogP contribution in [0.3, 0.4) is 0 Å². The number of rotatable bonds is 1. The van der Waals surface area contributed by atoms with Gasteiger partial charge in [0.15, 0.2) is 6.29 Å². The van der Waals surface area contributed by atoms with E-state index in [1.54, 1.807) is 6.92 Å². The van der Waals surface area contributed by atoms with Gasteiger partial charge in [-0.15, -0.1) is 0 Å². The molecule has 5 heteroatoms. The van der Waals surface area contributed by atoms with Crippen LogP contribution >= 0.6 is 0 Å². The average Bonchev–Trinajstić information content (AvgIpc) is 1.65. The van der Waals surface area contributed by atoms with Crippen molar-refractivity contribution in [2.75, 3.05) is 0 Å². The fourth-order valence-corrected chi connectivity index (χ4v) is 0. The average molecular weight is 138 g/mol. The molecule has 0 bridgehead atoms. The van der Waals surface area contributed by atoms with E-state index >= 15 is 0 Å². The first-order valence-electron chi connectivity index (χ1n) is 2.28. The molecule has 0 heterocycles. The van der Waals surface area contributed by atoms with E-state index in [1.165, 1.54) is 0 Å². The van der Waals surface area contributed by atoms with Gasteiger partial charge in [-0.05, 0) is 6.42 Å². The monoisotopic (exact) mass is 138 g/mol. The maximum atomic E-state index is 8.56. The highest BCUT2D eigenvalue weighted by Crippen LogP contribution is 1.77. The van der Waals surface area contributed by atoms with E-state index in [1.807, 2.05) is 0 Å². The minimum absolute atomic E-state index is 0.417. The van der Waals surface area contributed by atoms with Crippen molar-refractivity contribution in [3.05, 3.63) is 0 Å². The zero-order valence-corrected chi connectivity index (χ0v) is 4.98. The largest absolute Gasteiger partial charge is 0.503 e. The number of aliphatic hydroxyl groups is 2. The fraction of sp³-hybridized carbons (Fsp3) is 0.750. The highest BCUT2D eigenvalue weighted by molar-refractivity contribution is 5.53. The molecule has 0 unspecified atom stereocenters. The van der Waals surface area contributed by atoms with Gasteiger partial charge in [-0.3, -0.25) is 0 Å². The Bertz CT molecular complexity index is 65.4. The van der Waals surface area contributed by atoms with Gasteiger partial charge in [-0.25, -0.2) is 4.79 Å². The molecule has 0 aromatic carbocycles. The van der Waals surface area contributed by atoms with Gasteiger partial charge in [-0.2, -0.15) is 0 Å². The van der Waals surface area contributed by atoms with Crippen molar-refractivity contribution in [1.82, 2.24) is 0 Å². The van der Waals surface area contributed by atoms with Crippen molar-refractivity contribution in [1.29, 1.82) is 0 Å². The lowest BCUT2D eigenvalue weighted by Crippen LogP contribution is -1.99. The van der Waals surface area contributed by atoms with Gasteiger partial charge < -0.3 is 20.4 Å². The molecule has 0 aliphatic rings. The first-order valence-corrected chi connectivity index (χ1v) is 2.28. The third-order valence-corrected chi connectivity index (χ3v) is 0.365. The lowest BCUT2D eigenvalue weighted by Gasteiger charge is -1.90. The Hall–Kier alpha value is -0.810. The van der Waals surface area contributed by atoms with Crippen LogP contribution in [0.1, 0.15) is 13.3 Å². The highest BCUT2D eigenvalue weighted by Gasteiger charge is 1.83. The summed E-state index contributed by atoms with van der Waals surface area (Å²) < 4.78 is 0. The van der Waals surface area contributed by atoms with E-state index in [4.69, 9.17) is 25.2 Å². The van der Waals surface area contributed by atoms with E-state index in [0.717, 1.165) is 0 Å². The Morgan fingerprint density at radius 3 is 1.56 bits per heavy atom. The molecule has 0 saturated carbocycles. The van der Waals surface area contributed by atoms with Gasteiger partial charge >= 0.3 is 6.16 Å². The number of carboxylic acid groups (broad SMARTS) is 2. The smallest absolute Gasteiger partial charge is 0.450 e. The van der Waals surface area contributed by atoms with Crippen LogP contribution in [-0.4, -0.2) is 32.9 Å². The molecule has 0 radical (unpaired) electrons. The minimum Gasteiger partial charge on any atom is -0.450 e. The SMILES string of the molecule is CCC(O)O.O=C(O)O. The number of hydrogen-bond donors (Lipinski definition) is 4. The Balaban J connectivity index is 0. The fourth-order valence-electron chi connectivity index (χ4n) is 0. The molecule has 0 spiro atoms. The zero-order chi connectivity index (χ0) is 7.86. The Morgan fingerprint density at radius 2 is 1.56 bits per heavy atom. The summed E-state index contributed by atoms with van der Waals surface area (Å²) in [7, 11) is 0. The van der Waals surface area contributed by atoms with Crippen LogP contribution < -0.4 is 0 Å². The van der Waals surface area contributed by atoms with Crippen LogP contribution in [-0.2, 0) is 0 Å². The van der Waals surface area contributed by atoms with Gasteiger partial charge in [0.25, 0.3) is 0 Å². The van der Waals surface area contributed by atoms with Crippen molar-refractivity contribution in [3.63, 3.8) is 0 Å². The lowest BCUT2D eigenvalue weighted by atomic mass is 10.5. The molecule has 0 aliphatic carbocycles. The van der Waals surface area contributed by atoms with Gasteiger partial charge in [0.2, 0.25) is 0 Å². The van der Waals surface area contributed by atoms with Crippen molar-refractivity contribution >= 4 is 6.16 Å². The Kier molecular flexibility index (Phi) is 8.83. The maximum Gasteiger partial charge on any atom is 0.503 e. The van der Waals surface area contributed by atoms with Crippen LogP contribution in [0, 0.1) is 0 Å². The predicted octanol–water partition coefficient (Wildman–Crippen LogP) is -0.0705. The summed E-state index contributed by atoms with van der Waals surface area (Å²) in [5, 5.41) is 29.8. The second kappa shape index (κ2) is 7.19. The van der Waals surface area contributed by atoms with E-state index < -0.39 is 12.4 Å². The second-order valence-corrected chi connectivity index (χ2v) is 1.17. The van der Waals surface area contributed by atoms with Gasteiger partial charge in [0.05, 0.1) is 0 Å². The second-order valence-electron chi connectivity index (χ2n) is 1.17. The summed E-state index contributed by atoms with van der Waals surface area (Å²) in [6, 6.07) is 0. The van der Waals surface area contributed by atoms with E-state index in [2.05, 4.69) is 0 Å². The summed E-state index contributed by atoms with van der Waals surface area (Å²) in [5.74, 6) is 0. The molecule has 0 fully saturated rings. The summed E-state index contributed by atoms with van der Waals surface area (Å²) in [4.78, 5) is 8.56. The summed E-state index contributed by atoms with van der Waals surface area (Å²) >= 11 is 0. The van der Waals surface area contributed by atoms with Crippen molar-refractivity contribution < 1.29 is 25.2 Å². The summed E-state index contributed by atoms with van der Waals surface area (Å²) in [5.41, 5.74) is 0. The van der Waals surface area contributed by atoms with Crippen LogP contribution in [0.15, 0.2) is 0 Å². The molecule has 9 heavy (non-hydrogen) atoms. The molecule has 5 nitrogen and oxygen atoms in total. The number of hydrogen-bond acceptors (Lipinski definition) is 3. The van der Waals surface area contributed by atoms with Gasteiger partial charge in [0.1, 0.15) is 0 Å². The molecule has 0 aromatic heterocycles. The Labute approximate surface area is 52.2 Å². The quantitative estimate of drug-likeness (QED) is 0.380. The molecule has 0 saturated heterocycles. The molecular weight excluding hydrogens is 128 g/mol. The molecule has 0 amide bonds. The molecule has 0 rings (SSSR count). The molecular formula is C4H10O5. The van der Waals surface area contributed by atoms with Gasteiger partial charge in [-0.1, -0.05) is 6.92 Å². The summed E-state index contributed by atoms with van der Waals surface area (Å²) in [6.45, 7) is 1.70. The number of carbonyl (C=O) groups is 1. The van der Waals surface area contributed by atoms with Crippen molar-refractivity contribution in [2.24, 2.45) is 0 Å². The van der Waals surface area contributed by atoms with E-state index in [0.29, 0.717) is 6.42 Å². The highest BCUT2D eigenvalue weighted by atomic mass is 16.6. The zero-order valence-electron chi connectivity index (χ0n) is 4.98. The normalized spacial score (nSPS) is 8.00. The molecule has 4 N–H and O–H groups in total. The Morgan fingerprint density at radius 1 is 1.44 bits per heavy atom.